The van der Waals surface area contributed by atoms with E-state index >= 15 is 0 Å². The van der Waals surface area contributed by atoms with Crippen molar-refractivity contribution in [2.75, 3.05) is 4.90 Å². The highest BCUT2D eigenvalue weighted by atomic mass is 16.2. The van der Waals surface area contributed by atoms with Crippen molar-refractivity contribution in [3.63, 3.8) is 0 Å². The fourth-order valence-electron chi connectivity index (χ4n) is 5.20. The quantitative estimate of drug-likeness (QED) is 0.467. The molecule has 0 spiro atoms. The molecule has 1 aromatic heterocycles. The molecule has 1 amide bonds. The van der Waals surface area contributed by atoms with E-state index in [2.05, 4.69) is 80.1 Å². The summed E-state index contributed by atoms with van der Waals surface area (Å²) in [5, 5.41) is 0. The summed E-state index contributed by atoms with van der Waals surface area (Å²) in [6.45, 7) is 8.18. The lowest BCUT2D eigenvalue weighted by molar-refractivity contribution is 0.0985. The van der Waals surface area contributed by atoms with E-state index in [1.165, 1.54) is 35.1 Å². The van der Waals surface area contributed by atoms with Crippen LogP contribution in [-0.2, 0) is 13.1 Å². The van der Waals surface area contributed by atoms with Gasteiger partial charge in [-0.2, -0.15) is 0 Å². The predicted molar refractivity (Wildman–Crippen MR) is 127 cm³/mol. The molecule has 0 unspecified atom stereocenters. The van der Waals surface area contributed by atoms with E-state index in [0.29, 0.717) is 6.54 Å². The van der Waals surface area contributed by atoms with Gasteiger partial charge >= 0.3 is 0 Å². The van der Waals surface area contributed by atoms with E-state index in [1.807, 2.05) is 17.0 Å². The summed E-state index contributed by atoms with van der Waals surface area (Å²) in [6.07, 6.45) is 8.10. The first-order valence-electron chi connectivity index (χ1n) is 11.3. The number of benzene rings is 2. The fraction of sp³-hybridized carbons (Fsp3) is 0.321. The van der Waals surface area contributed by atoms with Crippen molar-refractivity contribution in [1.82, 2.24) is 4.57 Å². The van der Waals surface area contributed by atoms with Crippen LogP contribution in [0.25, 0.3) is 5.57 Å². The van der Waals surface area contributed by atoms with Crippen molar-refractivity contribution < 1.29 is 4.79 Å². The standard InChI is InChI=1S/C28H30N2O/c1-20-17-21(13-14-24(20)25-11-6-7-15-28(25,2)3)27(31)30-19-23-10-8-16-29(23)18-22-9-4-5-12-26(22)30/h4-5,8-14,16-17H,6-7,15,18-19H2,1-3H3. The first kappa shape index (κ1) is 19.9. The summed E-state index contributed by atoms with van der Waals surface area (Å²) in [4.78, 5) is 15.7. The molecule has 0 saturated heterocycles. The molecule has 3 heteroatoms. The summed E-state index contributed by atoms with van der Waals surface area (Å²) in [5.41, 5.74) is 8.17. The maximum atomic E-state index is 13.7. The van der Waals surface area contributed by atoms with E-state index in [-0.39, 0.29) is 11.3 Å². The predicted octanol–water partition coefficient (Wildman–Crippen LogP) is 6.60. The number of hydrogen-bond acceptors (Lipinski definition) is 1. The van der Waals surface area contributed by atoms with Gasteiger partial charge in [0.25, 0.3) is 5.91 Å². The van der Waals surface area contributed by atoms with E-state index in [4.69, 9.17) is 0 Å². The van der Waals surface area contributed by atoms with Crippen LogP contribution in [0.4, 0.5) is 5.69 Å². The number of fused-ring (bicyclic) bond motifs is 2. The number of para-hydroxylation sites is 1. The molecule has 3 aromatic rings. The first-order valence-corrected chi connectivity index (χ1v) is 11.3. The maximum Gasteiger partial charge on any atom is 0.258 e. The maximum absolute atomic E-state index is 13.7. The van der Waals surface area contributed by atoms with Crippen LogP contribution in [0.3, 0.4) is 0 Å². The van der Waals surface area contributed by atoms with Crippen LogP contribution in [0.5, 0.6) is 0 Å². The number of nitrogens with zero attached hydrogens (tertiary/aromatic N) is 2. The first-order chi connectivity index (χ1) is 14.9. The number of aromatic nitrogens is 1. The molecule has 0 N–H and O–H groups in total. The van der Waals surface area contributed by atoms with Gasteiger partial charge in [0, 0.05) is 29.7 Å². The molecular weight excluding hydrogens is 380 g/mol. The van der Waals surface area contributed by atoms with Crippen LogP contribution >= 0.6 is 0 Å². The van der Waals surface area contributed by atoms with Crippen molar-refractivity contribution >= 4 is 17.2 Å². The van der Waals surface area contributed by atoms with Crippen LogP contribution < -0.4 is 4.90 Å². The molecule has 1 aliphatic carbocycles. The zero-order valence-corrected chi connectivity index (χ0v) is 18.7. The topological polar surface area (TPSA) is 25.2 Å². The van der Waals surface area contributed by atoms with Crippen molar-refractivity contribution in [2.24, 2.45) is 5.41 Å². The van der Waals surface area contributed by atoms with Crippen LogP contribution in [0.1, 0.15) is 65.9 Å². The van der Waals surface area contributed by atoms with E-state index in [0.717, 1.165) is 29.9 Å². The zero-order valence-electron chi connectivity index (χ0n) is 18.7. The number of allylic oxidation sites excluding steroid dienone is 2. The Morgan fingerprint density at radius 2 is 1.84 bits per heavy atom. The lowest BCUT2D eigenvalue weighted by Crippen LogP contribution is -2.30. The molecule has 5 rings (SSSR count). The van der Waals surface area contributed by atoms with Gasteiger partial charge in [-0.15, -0.1) is 0 Å². The molecule has 3 nitrogen and oxygen atoms in total. The minimum absolute atomic E-state index is 0.0635. The van der Waals surface area contributed by atoms with Gasteiger partial charge in [0.1, 0.15) is 0 Å². The Hall–Kier alpha value is -3.07. The van der Waals surface area contributed by atoms with Gasteiger partial charge in [-0.3, -0.25) is 4.79 Å². The number of aryl methyl sites for hydroxylation is 1. The normalized spacial score (nSPS) is 17.4. The lowest BCUT2D eigenvalue weighted by atomic mass is 9.72. The molecule has 31 heavy (non-hydrogen) atoms. The lowest BCUT2D eigenvalue weighted by Gasteiger charge is -2.33. The molecule has 0 radical (unpaired) electrons. The highest BCUT2D eigenvalue weighted by Crippen LogP contribution is 2.43. The Labute approximate surface area is 185 Å². The highest BCUT2D eigenvalue weighted by molar-refractivity contribution is 6.06. The number of hydrogen-bond donors (Lipinski definition) is 0. The molecule has 158 valence electrons. The second kappa shape index (κ2) is 7.56. The number of carbonyl (C=O) groups excluding carboxylic acids is 1. The monoisotopic (exact) mass is 410 g/mol. The third kappa shape index (κ3) is 3.52. The summed E-state index contributed by atoms with van der Waals surface area (Å²) >= 11 is 0. The minimum atomic E-state index is 0.0635. The SMILES string of the molecule is Cc1cc(C(=O)N2Cc3cccn3Cc3ccccc32)ccc1C1=CCCCC1(C)C. The van der Waals surface area contributed by atoms with Crippen LogP contribution in [0.2, 0.25) is 0 Å². The second-order valence-electron chi connectivity index (χ2n) is 9.57. The highest BCUT2D eigenvalue weighted by Gasteiger charge is 2.29. The molecule has 0 bridgehead atoms. The number of anilines is 1. The van der Waals surface area contributed by atoms with Crippen molar-refractivity contribution in [2.45, 2.75) is 53.1 Å². The van der Waals surface area contributed by atoms with Gasteiger partial charge in [-0.05, 0) is 84.2 Å². The van der Waals surface area contributed by atoms with Crippen molar-refractivity contribution in [3.05, 3.63) is 94.8 Å². The second-order valence-corrected chi connectivity index (χ2v) is 9.57. The third-order valence-corrected chi connectivity index (χ3v) is 6.96. The summed E-state index contributed by atoms with van der Waals surface area (Å²) < 4.78 is 2.23. The van der Waals surface area contributed by atoms with Crippen molar-refractivity contribution in [3.8, 4) is 0 Å². The molecular formula is C28H30N2O. The van der Waals surface area contributed by atoms with Gasteiger partial charge in [0.2, 0.25) is 0 Å². The molecule has 2 aromatic carbocycles. The van der Waals surface area contributed by atoms with Crippen LogP contribution in [0, 0.1) is 12.3 Å². The molecule has 0 fully saturated rings. The van der Waals surface area contributed by atoms with Crippen molar-refractivity contribution in [1.29, 1.82) is 0 Å². The Balaban J connectivity index is 1.52. The Morgan fingerprint density at radius 3 is 2.65 bits per heavy atom. The average Bonchev–Trinajstić information content (AvgIpc) is 3.12. The molecule has 2 aliphatic rings. The molecule has 0 atom stereocenters. The molecule has 0 saturated carbocycles. The smallest absolute Gasteiger partial charge is 0.258 e. The minimum Gasteiger partial charge on any atom is -0.345 e. The molecule has 1 aliphatic heterocycles. The summed E-state index contributed by atoms with van der Waals surface area (Å²) in [6, 6.07) is 18.7. The van der Waals surface area contributed by atoms with Gasteiger partial charge in [0.05, 0.1) is 6.54 Å². The van der Waals surface area contributed by atoms with Gasteiger partial charge < -0.3 is 9.47 Å². The van der Waals surface area contributed by atoms with Gasteiger partial charge in [0.15, 0.2) is 0 Å². The fourth-order valence-corrected chi connectivity index (χ4v) is 5.20. The van der Waals surface area contributed by atoms with E-state index in [9.17, 15) is 4.79 Å². The Morgan fingerprint density at radius 1 is 1.00 bits per heavy atom. The number of rotatable bonds is 2. The summed E-state index contributed by atoms with van der Waals surface area (Å²) in [7, 11) is 0. The van der Waals surface area contributed by atoms with Gasteiger partial charge in [-0.25, -0.2) is 0 Å². The third-order valence-electron chi connectivity index (χ3n) is 6.96. The van der Waals surface area contributed by atoms with E-state index < -0.39 is 0 Å². The number of carbonyl (C=O) groups is 1. The summed E-state index contributed by atoms with van der Waals surface area (Å²) in [5.74, 6) is 0.0635. The zero-order chi connectivity index (χ0) is 21.6. The van der Waals surface area contributed by atoms with Crippen LogP contribution in [0.15, 0.2) is 66.9 Å². The average molecular weight is 411 g/mol. The van der Waals surface area contributed by atoms with Gasteiger partial charge in [-0.1, -0.05) is 44.2 Å². The number of amides is 1. The largest absolute Gasteiger partial charge is 0.345 e. The molecule has 2 heterocycles. The Bertz CT molecular complexity index is 1180. The van der Waals surface area contributed by atoms with E-state index in [1.54, 1.807) is 0 Å². The van der Waals surface area contributed by atoms with Crippen LogP contribution in [-0.4, -0.2) is 10.5 Å². The Kier molecular flexibility index (Phi) is 4.85.